The van der Waals surface area contributed by atoms with Crippen molar-refractivity contribution in [3.8, 4) is 5.75 Å². The van der Waals surface area contributed by atoms with E-state index in [0.717, 1.165) is 5.56 Å². The fourth-order valence-electron chi connectivity index (χ4n) is 3.07. The smallest absolute Gasteiger partial charge is 0.338 e. The number of nitrogens with one attached hydrogen (secondary N) is 1. The largest absolute Gasteiger partial charge is 0.476 e. The van der Waals surface area contributed by atoms with Crippen molar-refractivity contribution in [2.45, 2.75) is 26.9 Å². The molecule has 0 radical (unpaired) electrons. The minimum Gasteiger partial charge on any atom is -0.476 e. The zero-order valence-electron chi connectivity index (χ0n) is 17.0. The van der Waals surface area contributed by atoms with Crippen LogP contribution in [0.5, 0.6) is 5.75 Å². The maximum absolute atomic E-state index is 12.9. The first kappa shape index (κ1) is 21.6. The van der Waals surface area contributed by atoms with E-state index in [9.17, 15) is 18.0 Å². The number of aryl methyl sites for hydroxylation is 1. The number of hydrogen-bond acceptors (Lipinski definition) is 6. The summed E-state index contributed by atoms with van der Waals surface area (Å²) < 4.78 is 37.1. The molecule has 0 fully saturated rings. The van der Waals surface area contributed by atoms with Crippen LogP contribution >= 0.6 is 0 Å². The second kappa shape index (κ2) is 8.74. The lowest BCUT2D eigenvalue weighted by Gasteiger charge is -2.34. The number of carbonyl (C=O) groups excluding carboxylic acids is 2. The van der Waals surface area contributed by atoms with Gasteiger partial charge in [0.1, 0.15) is 5.75 Å². The van der Waals surface area contributed by atoms with Gasteiger partial charge in [-0.25, -0.2) is 13.2 Å². The number of sulfonamides is 1. The molecule has 0 aliphatic carbocycles. The number of hydrogen-bond donors (Lipinski definition) is 1. The fraction of sp³-hybridized carbons (Fsp3) is 0.333. The van der Waals surface area contributed by atoms with Crippen molar-refractivity contribution in [1.29, 1.82) is 0 Å². The van der Waals surface area contributed by atoms with E-state index < -0.39 is 28.0 Å². The number of esters is 1. The summed E-state index contributed by atoms with van der Waals surface area (Å²) in [4.78, 5) is 24.9. The Bertz CT molecular complexity index is 1070. The zero-order valence-corrected chi connectivity index (χ0v) is 17.9. The van der Waals surface area contributed by atoms with Gasteiger partial charge in [0.2, 0.25) is 10.0 Å². The third-order valence-corrected chi connectivity index (χ3v) is 6.48. The molecule has 0 aromatic heterocycles. The highest BCUT2D eigenvalue weighted by Gasteiger charge is 2.36. The van der Waals surface area contributed by atoms with Gasteiger partial charge < -0.3 is 14.8 Å². The summed E-state index contributed by atoms with van der Waals surface area (Å²) >= 11 is 0. The monoisotopic (exact) mass is 432 g/mol. The third kappa shape index (κ3) is 4.40. The molecule has 9 heteroatoms. The molecule has 0 saturated carbocycles. The fourth-order valence-corrected chi connectivity index (χ4v) is 4.19. The lowest BCUT2D eigenvalue weighted by atomic mass is 10.1. The summed E-state index contributed by atoms with van der Waals surface area (Å²) in [7, 11) is -3.59. The molecule has 0 spiro atoms. The quantitative estimate of drug-likeness (QED) is 0.705. The lowest BCUT2D eigenvalue weighted by molar-refractivity contribution is -0.122. The van der Waals surface area contributed by atoms with Gasteiger partial charge in [0.15, 0.2) is 6.10 Å². The number of rotatable bonds is 6. The number of carbonyl (C=O) groups is 2. The number of nitrogens with zero attached hydrogens (tertiary/aromatic N) is 1. The van der Waals surface area contributed by atoms with Crippen molar-refractivity contribution in [3.05, 3.63) is 53.6 Å². The number of anilines is 2. The second-order valence-corrected chi connectivity index (χ2v) is 8.93. The second-order valence-electron chi connectivity index (χ2n) is 6.75. The first-order chi connectivity index (χ1) is 14.3. The van der Waals surface area contributed by atoms with E-state index in [4.69, 9.17) is 9.47 Å². The lowest BCUT2D eigenvalue weighted by Crippen LogP contribution is -2.49. The molecule has 0 saturated heterocycles. The van der Waals surface area contributed by atoms with Crippen LogP contribution in [0, 0.1) is 6.92 Å². The molecule has 160 valence electrons. The summed E-state index contributed by atoms with van der Waals surface area (Å²) in [6.45, 7) is 5.15. The highest BCUT2D eigenvalue weighted by molar-refractivity contribution is 7.92. The van der Waals surface area contributed by atoms with Gasteiger partial charge in [0.25, 0.3) is 5.91 Å². The summed E-state index contributed by atoms with van der Waals surface area (Å²) in [6.07, 6.45) is -1.05. The molecule has 2 aromatic rings. The van der Waals surface area contributed by atoms with E-state index >= 15 is 0 Å². The van der Waals surface area contributed by atoms with Crippen molar-refractivity contribution in [1.82, 2.24) is 0 Å². The number of benzene rings is 2. The van der Waals surface area contributed by atoms with Gasteiger partial charge in [0, 0.05) is 5.69 Å². The van der Waals surface area contributed by atoms with Crippen molar-refractivity contribution in [2.75, 3.05) is 28.5 Å². The molecule has 1 aliphatic rings. The summed E-state index contributed by atoms with van der Waals surface area (Å²) in [6, 6.07) is 11.5. The molecule has 2 aromatic carbocycles. The van der Waals surface area contributed by atoms with Gasteiger partial charge in [-0.1, -0.05) is 18.2 Å². The molecule has 3 rings (SSSR count). The predicted octanol–water partition coefficient (Wildman–Crippen LogP) is 2.73. The Balaban J connectivity index is 1.86. The van der Waals surface area contributed by atoms with E-state index in [1.807, 2.05) is 0 Å². The Labute approximate surface area is 175 Å². The van der Waals surface area contributed by atoms with Gasteiger partial charge in [0.05, 0.1) is 30.2 Å². The van der Waals surface area contributed by atoms with E-state index in [1.54, 1.807) is 57.2 Å². The minimum absolute atomic E-state index is 0.101. The first-order valence-electron chi connectivity index (χ1n) is 9.61. The molecule has 1 aliphatic heterocycles. The van der Waals surface area contributed by atoms with Crippen LogP contribution < -0.4 is 14.4 Å². The average molecular weight is 432 g/mol. The van der Waals surface area contributed by atoms with Crippen LogP contribution in [-0.2, 0) is 19.6 Å². The van der Waals surface area contributed by atoms with Gasteiger partial charge in [-0.05, 0) is 50.6 Å². The van der Waals surface area contributed by atoms with E-state index in [1.165, 1.54) is 10.4 Å². The van der Waals surface area contributed by atoms with Crippen molar-refractivity contribution < 1.29 is 27.5 Å². The Morgan fingerprint density at radius 3 is 2.63 bits per heavy atom. The van der Waals surface area contributed by atoms with Gasteiger partial charge >= 0.3 is 5.97 Å². The molecular weight excluding hydrogens is 408 g/mol. The summed E-state index contributed by atoms with van der Waals surface area (Å²) in [5.41, 5.74) is 1.88. The number of fused-ring (bicyclic) bond motifs is 1. The Morgan fingerprint density at radius 1 is 1.20 bits per heavy atom. The predicted molar refractivity (Wildman–Crippen MR) is 113 cm³/mol. The van der Waals surface area contributed by atoms with Gasteiger partial charge in [-0.3, -0.25) is 9.10 Å². The standard InChI is InChI=1S/C21H24N2O6S/c1-4-28-21(25)15-11-10-14(3)16(12-15)22-20(24)19-13-23(30(26,27)5-2)17-8-6-7-9-18(17)29-19/h6-12,19H,4-5,13H2,1-3H3,(H,22,24). The van der Waals surface area contributed by atoms with Crippen LogP contribution in [0.25, 0.3) is 0 Å². The number of amides is 1. The molecule has 0 bridgehead atoms. The summed E-state index contributed by atoms with van der Waals surface area (Å²) in [5.74, 6) is -0.782. The van der Waals surface area contributed by atoms with E-state index in [2.05, 4.69) is 5.32 Å². The van der Waals surface area contributed by atoms with E-state index in [0.29, 0.717) is 22.7 Å². The van der Waals surface area contributed by atoms with Crippen LogP contribution in [0.2, 0.25) is 0 Å². The normalized spacial score (nSPS) is 15.7. The first-order valence-corrected chi connectivity index (χ1v) is 11.2. The van der Waals surface area contributed by atoms with Crippen LogP contribution in [0.15, 0.2) is 42.5 Å². The maximum atomic E-state index is 12.9. The minimum atomic E-state index is -3.59. The molecule has 8 nitrogen and oxygen atoms in total. The molecular formula is C21H24N2O6S. The molecule has 1 amide bonds. The van der Waals surface area contributed by atoms with Gasteiger partial charge in [-0.2, -0.15) is 0 Å². The van der Waals surface area contributed by atoms with Crippen molar-refractivity contribution in [2.24, 2.45) is 0 Å². The summed E-state index contributed by atoms with van der Waals surface area (Å²) in [5, 5.41) is 2.74. The topological polar surface area (TPSA) is 102 Å². The van der Waals surface area contributed by atoms with E-state index in [-0.39, 0.29) is 18.9 Å². The van der Waals surface area contributed by atoms with Crippen LogP contribution in [0.4, 0.5) is 11.4 Å². The third-order valence-electron chi connectivity index (χ3n) is 4.73. The van der Waals surface area contributed by atoms with Crippen LogP contribution in [-0.4, -0.2) is 45.3 Å². The number of ether oxygens (including phenoxy) is 2. The Morgan fingerprint density at radius 2 is 1.93 bits per heavy atom. The Hall–Kier alpha value is -3.07. The highest BCUT2D eigenvalue weighted by atomic mass is 32.2. The SMILES string of the molecule is CCOC(=O)c1ccc(C)c(NC(=O)C2CN(S(=O)(=O)CC)c3ccccc3O2)c1. The van der Waals surface area contributed by atoms with Crippen molar-refractivity contribution >= 4 is 33.3 Å². The number of para-hydroxylation sites is 2. The molecule has 1 unspecified atom stereocenters. The highest BCUT2D eigenvalue weighted by Crippen LogP contribution is 2.35. The van der Waals surface area contributed by atoms with Crippen molar-refractivity contribution in [3.63, 3.8) is 0 Å². The average Bonchev–Trinajstić information content (AvgIpc) is 2.74. The molecule has 1 N–H and O–H groups in total. The zero-order chi connectivity index (χ0) is 21.9. The van der Waals surface area contributed by atoms with Crippen LogP contribution in [0.1, 0.15) is 29.8 Å². The molecule has 1 atom stereocenters. The Kier molecular flexibility index (Phi) is 6.31. The molecule has 1 heterocycles. The van der Waals surface area contributed by atoms with Crippen LogP contribution in [0.3, 0.4) is 0 Å². The maximum Gasteiger partial charge on any atom is 0.338 e. The molecule has 30 heavy (non-hydrogen) atoms. The van der Waals surface area contributed by atoms with Gasteiger partial charge in [-0.15, -0.1) is 0 Å².